The Morgan fingerprint density at radius 3 is 2.57 bits per heavy atom. The van der Waals surface area contributed by atoms with Crippen LogP contribution in [0.3, 0.4) is 0 Å². The Morgan fingerprint density at radius 1 is 1.10 bits per heavy atom. The number of nitrogens with one attached hydrogen (secondary N) is 2. The van der Waals surface area contributed by atoms with Crippen LogP contribution in [0.25, 0.3) is 0 Å². The highest BCUT2D eigenvalue weighted by molar-refractivity contribution is 14.0. The molecule has 0 spiro atoms. The first-order valence-corrected chi connectivity index (χ1v) is 11.0. The van der Waals surface area contributed by atoms with Gasteiger partial charge in [-0.05, 0) is 30.7 Å². The molecule has 8 heteroatoms. The summed E-state index contributed by atoms with van der Waals surface area (Å²) in [5.41, 5.74) is 2.21. The molecule has 166 valence electrons. The number of guanidine groups is 1. The van der Waals surface area contributed by atoms with E-state index in [9.17, 15) is 4.21 Å². The van der Waals surface area contributed by atoms with Crippen LogP contribution in [-0.4, -0.2) is 49.8 Å². The number of methoxy groups -OCH3 is 1. The molecular weight excluding hydrogens is 513 g/mol. The summed E-state index contributed by atoms with van der Waals surface area (Å²) >= 11 is 0. The minimum atomic E-state index is -1.03. The zero-order valence-electron chi connectivity index (χ0n) is 17.8. The number of rotatable bonds is 11. The summed E-state index contributed by atoms with van der Waals surface area (Å²) < 4.78 is 23.3. The Kier molecular flexibility index (Phi) is 13.4. The second-order valence-electron chi connectivity index (χ2n) is 6.52. The highest BCUT2D eigenvalue weighted by atomic mass is 127. The highest BCUT2D eigenvalue weighted by Gasteiger charge is 2.07. The smallest absolute Gasteiger partial charge is 0.191 e. The van der Waals surface area contributed by atoms with Gasteiger partial charge in [-0.2, -0.15) is 0 Å². The fourth-order valence-corrected chi connectivity index (χ4v) is 3.66. The molecule has 0 saturated carbocycles. The van der Waals surface area contributed by atoms with Crippen LogP contribution in [0.15, 0.2) is 58.4 Å². The first-order chi connectivity index (χ1) is 14.1. The molecule has 0 radical (unpaired) electrons. The van der Waals surface area contributed by atoms with E-state index < -0.39 is 10.8 Å². The van der Waals surface area contributed by atoms with Crippen molar-refractivity contribution in [1.29, 1.82) is 0 Å². The maximum atomic E-state index is 12.3. The summed E-state index contributed by atoms with van der Waals surface area (Å²) in [5, 5.41) is 6.52. The third-order valence-electron chi connectivity index (χ3n) is 4.23. The van der Waals surface area contributed by atoms with Crippen molar-refractivity contribution in [3.8, 4) is 5.75 Å². The molecule has 0 aromatic heterocycles. The number of aliphatic imine (C=N–C) groups is 1. The van der Waals surface area contributed by atoms with Crippen LogP contribution in [0.4, 0.5) is 0 Å². The molecule has 0 bridgehead atoms. The molecule has 0 aliphatic rings. The summed E-state index contributed by atoms with van der Waals surface area (Å²) in [6.07, 6.45) is 0.846. The Hall–Kier alpha value is -1.65. The van der Waals surface area contributed by atoms with Crippen LogP contribution >= 0.6 is 24.0 Å². The van der Waals surface area contributed by atoms with E-state index in [0.717, 1.165) is 28.2 Å². The zero-order chi connectivity index (χ0) is 20.9. The van der Waals surface area contributed by atoms with Crippen LogP contribution in [0.5, 0.6) is 5.75 Å². The summed E-state index contributed by atoms with van der Waals surface area (Å²) in [7, 11) is 2.38. The average Bonchev–Trinajstić information content (AvgIpc) is 2.75. The van der Waals surface area contributed by atoms with Crippen LogP contribution in [0, 0.1) is 6.92 Å². The van der Waals surface area contributed by atoms with Crippen molar-refractivity contribution < 1.29 is 13.7 Å². The monoisotopic (exact) mass is 545 g/mol. The molecule has 30 heavy (non-hydrogen) atoms. The van der Waals surface area contributed by atoms with E-state index in [4.69, 9.17) is 9.47 Å². The number of halogens is 1. The van der Waals surface area contributed by atoms with Crippen molar-refractivity contribution in [2.45, 2.75) is 24.8 Å². The van der Waals surface area contributed by atoms with Gasteiger partial charge in [-0.1, -0.05) is 30.3 Å². The molecule has 2 N–H and O–H groups in total. The molecule has 1 atom stereocenters. The zero-order valence-corrected chi connectivity index (χ0v) is 21.0. The molecule has 0 aliphatic heterocycles. The molecule has 0 heterocycles. The molecule has 2 rings (SSSR count). The van der Waals surface area contributed by atoms with Crippen LogP contribution in [0.2, 0.25) is 0 Å². The lowest BCUT2D eigenvalue weighted by Gasteiger charge is -2.15. The third-order valence-corrected chi connectivity index (χ3v) is 5.60. The normalized spacial score (nSPS) is 12.0. The number of ether oxygens (including phenoxy) is 2. The molecule has 0 saturated heterocycles. The van der Waals surface area contributed by atoms with Crippen molar-refractivity contribution in [2.75, 3.05) is 39.7 Å². The second kappa shape index (κ2) is 15.2. The lowest BCUT2D eigenvalue weighted by Crippen LogP contribution is -2.38. The summed E-state index contributed by atoms with van der Waals surface area (Å²) in [4.78, 5) is 5.08. The maximum absolute atomic E-state index is 12.3. The molecule has 0 fully saturated rings. The molecule has 2 aromatic rings. The van der Waals surface area contributed by atoms with E-state index in [1.54, 1.807) is 14.2 Å². The Labute approximate surface area is 199 Å². The number of hydrogen-bond acceptors (Lipinski definition) is 4. The molecule has 6 nitrogen and oxygen atoms in total. The molecule has 0 aliphatic carbocycles. The van der Waals surface area contributed by atoms with Crippen molar-refractivity contribution in [3.05, 3.63) is 59.7 Å². The van der Waals surface area contributed by atoms with Crippen molar-refractivity contribution >= 4 is 40.7 Å². The predicted octanol–water partition coefficient (Wildman–Crippen LogP) is 3.50. The number of benzene rings is 2. The molecule has 2 aromatic carbocycles. The fourth-order valence-electron chi connectivity index (χ4n) is 2.68. The third kappa shape index (κ3) is 9.44. The minimum absolute atomic E-state index is 0. The van der Waals surface area contributed by atoms with E-state index in [2.05, 4.69) is 27.8 Å². The van der Waals surface area contributed by atoms with Gasteiger partial charge in [0.2, 0.25) is 0 Å². The Morgan fingerprint density at radius 2 is 1.87 bits per heavy atom. The van der Waals surface area contributed by atoms with Gasteiger partial charge in [-0.15, -0.1) is 24.0 Å². The summed E-state index contributed by atoms with van der Waals surface area (Å²) in [5.74, 6) is 2.05. The Balaban J connectivity index is 0.00000450. The van der Waals surface area contributed by atoms with Gasteiger partial charge in [-0.3, -0.25) is 9.20 Å². The van der Waals surface area contributed by atoms with Gasteiger partial charge in [0, 0.05) is 56.5 Å². The van der Waals surface area contributed by atoms with E-state index >= 15 is 0 Å². The van der Waals surface area contributed by atoms with Gasteiger partial charge in [0.15, 0.2) is 5.96 Å². The summed E-state index contributed by atoms with van der Waals surface area (Å²) in [6, 6.07) is 15.7. The molecule has 0 amide bonds. The van der Waals surface area contributed by atoms with E-state index in [0.29, 0.717) is 38.0 Å². The van der Waals surface area contributed by atoms with Crippen LogP contribution in [-0.2, 0) is 22.1 Å². The molecular formula is C22H32IN3O3S. The van der Waals surface area contributed by atoms with E-state index in [1.807, 2.05) is 43.3 Å². The average molecular weight is 545 g/mol. The van der Waals surface area contributed by atoms with Gasteiger partial charge in [0.25, 0.3) is 0 Å². The first kappa shape index (κ1) is 26.4. The number of hydrogen-bond donors (Lipinski definition) is 2. The van der Waals surface area contributed by atoms with Gasteiger partial charge < -0.3 is 20.1 Å². The lowest BCUT2D eigenvalue weighted by atomic mass is 10.1. The van der Waals surface area contributed by atoms with Gasteiger partial charge in [-0.25, -0.2) is 0 Å². The quantitative estimate of drug-likeness (QED) is 0.196. The van der Waals surface area contributed by atoms with Crippen molar-refractivity contribution in [1.82, 2.24) is 10.6 Å². The van der Waals surface area contributed by atoms with Gasteiger partial charge >= 0.3 is 0 Å². The largest absolute Gasteiger partial charge is 0.493 e. The second-order valence-corrected chi connectivity index (χ2v) is 8.09. The first-order valence-electron chi connectivity index (χ1n) is 9.73. The van der Waals surface area contributed by atoms with Crippen molar-refractivity contribution in [2.24, 2.45) is 4.99 Å². The minimum Gasteiger partial charge on any atom is -0.493 e. The highest BCUT2D eigenvalue weighted by Crippen LogP contribution is 2.20. The van der Waals surface area contributed by atoms with Gasteiger partial charge in [0.1, 0.15) is 5.75 Å². The van der Waals surface area contributed by atoms with E-state index in [-0.39, 0.29) is 24.0 Å². The van der Waals surface area contributed by atoms with Crippen LogP contribution in [0.1, 0.15) is 17.5 Å². The fraction of sp³-hybridized carbons (Fsp3) is 0.409. The van der Waals surface area contributed by atoms with E-state index in [1.165, 1.54) is 0 Å². The topological polar surface area (TPSA) is 72.0 Å². The lowest BCUT2D eigenvalue weighted by molar-refractivity contribution is 0.172. The van der Waals surface area contributed by atoms with Gasteiger partial charge in [0.05, 0.1) is 17.4 Å². The summed E-state index contributed by atoms with van der Waals surface area (Å²) in [6.45, 7) is 4.49. The number of nitrogens with zero attached hydrogens (tertiary/aromatic N) is 1. The number of aryl methyl sites for hydroxylation is 1. The predicted molar refractivity (Wildman–Crippen MR) is 135 cm³/mol. The van der Waals surface area contributed by atoms with Crippen molar-refractivity contribution in [3.63, 3.8) is 0 Å². The van der Waals surface area contributed by atoms with Crippen LogP contribution < -0.4 is 15.4 Å². The Bertz CT molecular complexity index is 803. The molecule has 1 unspecified atom stereocenters. The SMILES string of the molecule is CN=C(NCCS(=O)c1ccccc1)NCc1ccc(C)cc1OCCCOC.I. The maximum Gasteiger partial charge on any atom is 0.191 e. The standard InChI is InChI=1S/C22H31N3O3S.HI/c1-18-10-11-19(21(16-18)28-14-7-13-27-3)17-25-22(23-2)24-12-15-29(26)20-8-5-4-6-9-20;/h4-6,8-11,16H,7,12-15,17H2,1-3H3,(H2,23,24,25);1H.